The van der Waals surface area contributed by atoms with Gasteiger partial charge in [-0.2, -0.15) is 0 Å². The van der Waals surface area contributed by atoms with Crippen LogP contribution in [0.5, 0.6) is 0 Å². The minimum Gasteiger partial charge on any atom is -0.475 e. The van der Waals surface area contributed by atoms with E-state index in [1.165, 1.54) is 61.4 Å². The molecule has 0 radical (unpaired) electrons. The fourth-order valence-corrected chi connectivity index (χ4v) is 20.0. The second kappa shape index (κ2) is 55.5. The summed E-state index contributed by atoms with van der Waals surface area (Å²) in [6.45, 7) is 9.52. The lowest BCUT2D eigenvalue weighted by atomic mass is 10.1. The minimum absolute atomic E-state index is 0.0333. The predicted octanol–water partition coefficient (Wildman–Crippen LogP) is 13.0. The number of imide groups is 3. The number of fused-ring (bicyclic) bond motifs is 5. The average Bonchev–Trinajstić information content (AvgIpc) is 1.66. The van der Waals surface area contributed by atoms with Crippen LogP contribution in [0.2, 0.25) is 0 Å². The Morgan fingerprint density at radius 2 is 0.819 bits per heavy atom. The molecule has 18 rings (SSSR count). The first-order valence-corrected chi connectivity index (χ1v) is 50.9. The Morgan fingerprint density at radius 1 is 0.449 bits per heavy atom. The summed E-state index contributed by atoms with van der Waals surface area (Å²) in [5.74, 6) is 1.93. The SMILES string of the molecule is CC(N)=S.CN1C(=O)CCCC(Br)C1=O.CN1C(=O)CCCCC1=O.Cc1nc2c(s1)CCC(I)C(=O)N2C.Cc1nc2c(s1)CCC(N)C(=O)N2C.Cc1nc2c(s1)CCC(NC(=O)c1n[nH]c(Cc3ccccc3)n1)C(=O)N2C.Cc1nc2c(s1)CCCC(=O)N2C.O=C(O)c1n[nH]c(Cc2ccccc2)n1.O=C1CCCCC(=O)C1.O=C1CCCCCC1.O=C1c2ccccc2C(=O)N1O. The molecule has 9 N–H and O–H groups in total. The fourth-order valence-electron chi connectivity index (χ4n) is 14.7. The maximum Gasteiger partial charge on any atom is 0.375 e. The van der Waals surface area contributed by atoms with Gasteiger partial charge in [0.1, 0.15) is 58.3 Å². The molecule has 11 amide bonds. The highest BCUT2D eigenvalue weighted by Crippen LogP contribution is 2.36. The molecule has 4 atom stereocenters. The quantitative estimate of drug-likeness (QED) is 0.0148. The van der Waals surface area contributed by atoms with E-state index in [0.717, 1.165) is 156 Å². The van der Waals surface area contributed by atoms with Crippen molar-refractivity contribution in [2.45, 2.75) is 242 Å². The molecular formula is C94H118BrIN20O17S5. The van der Waals surface area contributed by atoms with Crippen LogP contribution in [0.25, 0.3) is 0 Å². The predicted molar refractivity (Wildman–Crippen MR) is 542 cm³/mol. The number of amides is 11. The molecule has 0 spiro atoms. The number of alkyl halides is 2. The lowest BCUT2D eigenvalue weighted by Gasteiger charge is -2.20. The van der Waals surface area contributed by atoms with Gasteiger partial charge >= 0.3 is 5.97 Å². The van der Waals surface area contributed by atoms with Crippen LogP contribution in [0.4, 0.5) is 23.3 Å². The summed E-state index contributed by atoms with van der Waals surface area (Å²) < 4.78 is 0.0966. The third kappa shape index (κ3) is 34.4. The summed E-state index contributed by atoms with van der Waals surface area (Å²) >= 11 is 16.4. The number of nitrogens with two attached hydrogens (primary N) is 2. The van der Waals surface area contributed by atoms with Gasteiger partial charge in [-0.15, -0.1) is 60.6 Å². The van der Waals surface area contributed by atoms with Crippen molar-refractivity contribution in [3.8, 4) is 0 Å². The number of aromatic amines is 2. The number of ketones is 3. The number of hydroxylamine groups is 2. The molecule has 3 aromatic carbocycles. The molecule has 2 saturated heterocycles. The normalized spacial score (nSPS) is 18.5. The lowest BCUT2D eigenvalue weighted by Crippen LogP contribution is -2.47. The van der Waals surface area contributed by atoms with E-state index in [9.17, 15) is 71.9 Å². The molecule has 0 bridgehead atoms. The van der Waals surface area contributed by atoms with Crippen molar-refractivity contribution in [1.29, 1.82) is 0 Å². The number of rotatable bonds is 7. The second-order valence-corrected chi connectivity index (χ2v) is 41.6. The first-order valence-electron chi connectivity index (χ1n) is 45.1. The van der Waals surface area contributed by atoms with Gasteiger partial charge in [0.15, 0.2) is 0 Å². The molecule has 4 unspecified atom stereocenters. The van der Waals surface area contributed by atoms with Crippen molar-refractivity contribution >= 4 is 213 Å². The number of likely N-dealkylation sites (N-methyl/N-ethyl adjacent to an activating group) is 2. The van der Waals surface area contributed by atoms with Crippen LogP contribution < -0.4 is 36.4 Å². The Hall–Kier alpha value is -11.3. The van der Waals surface area contributed by atoms with E-state index in [2.05, 4.69) is 106 Å². The number of nitrogens with zero attached hydrogens (tertiary/aromatic N) is 15. The number of aryl methyl sites for hydroxylation is 8. The largest absolute Gasteiger partial charge is 0.475 e. The first kappa shape index (κ1) is 112. The molecule has 2 saturated carbocycles. The van der Waals surface area contributed by atoms with Gasteiger partial charge in [-0.25, -0.2) is 34.7 Å². The van der Waals surface area contributed by atoms with Gasteiger partial charge in [0.25, 0.3) is 29.5 Å². The van der Waals surface area contributed by atoms with E-state index >= 15 is 0 Å². The fraction of sp³-hybridized carbons (Fsp3) is 0.468. The van der Waals surface area contributed by atoms with Crippen molar-refractivity contribution in [3.05, 3.63) is 170 Å². The zero-order valence-electron chi connectivity index (χ0n) is 79.1. The highest BCUT2D eigenvalue weighted by atomic mass is 127. The third-order valence-electron chi connectivity index (χ3n) is 22.2. The van der Waals surface area contributed by atoms with Crippen molar-refractivity contribution in [2.75, 3.05) is 61.9 Å². The molecule has 9 aromatic rings. The number of halogens is 2. The van der Waals surface area contributed by atoms with E-state index in [1.807, 2.05) is 102 Å². The third-order valence-corrected chi connectivity index (χ3v) is 28.3. The van der Waals surface area contributed by atoms with Crippen molar-refractivity contribution in [3.63, 3.8) is 0 Å². The number of carbonyl (C=O) groups is 15. The van der Waals surface area contributed by atoms with Gasteiger partial charge in [0.05, 0.1) is 57.4 Å². The number of benzene rings is 3. The zero-order valence-corrected chi connectivity index (χ0v) is 86.9. The number of thiazole rings is 4. The van der Waals surface area contributed by atoms with Gasteiger partial charge in [0.2, 0.25) is 47.2 Å². The Labute approximate surface area is 843 Å². The molecule has 740 valence electrons. The van der Waals surface area contributed by atoms with Crippen molar-refractivity contribution < 1.29 is 82.2 Å². The van der Waals surface area contributed by atoms with Crippen LogP contribution in [-0.2, 0) is 91.3 Å². The molecule has 6 aromatic heterocycles. The number of aromatic nitrogens is 10. The lowest BCUT2D eigenvalue weighted by molar-refractivity contribution is -0.143. The number of aromatic carboxylic acids is 1. The van der Waals surface area contributed by atoms with E-state index in [0.29, 0.717) is 92.4 Å². The zero-order chi connectivity index (χ0) is 101. The van der Waals surface area contributed by atoms with Crippen LogP contribution in [-0.4, -0.2) is 232 Å². The maximum absolute atomic E-state index is 12.8. The number of anilines is 4. The number of hydrogen-bond acceptors (Lipinski definition) is 30. The maximum atomic E-state index is 12.8. The summed E-state index contributed by atoms with van der Waals surface area (Å²) in [5.41, 5.74) is 13.2. The van der Waals surface area contributed by atoms with Crippen molar-refractivity contribution in [2.24, 2.45) is 11.5 Å². The van der Waals surface area contributed by atoms with Gasteiger partial charge in [-0.05, 0) is 161 Å². The number of thiocarbonyl (C=S) groups is 1. The number of H-pyrrole nitrogens is 2. The van der Waals surface area contributed by atoms with E-state index in [-0.39, 0.29) is 108 Å². The Kier molecular flexibility index (Phi) is 45.1. The van der Waals surface area contributed by atoms with Crippen LogP contribution in [0.3, 0.4) is 0 Å². The Balaban J connectivity index is 0.000000191. The summed E-state index contributed by atoms with van der Waals surface area (Å²) in [5, 5.41) is 37.4. The number of carboxylic acids is 1. The molecule has 4 fully saturated rings. The second-order valence-electron chi connectivity index (χ2n) is 33.2. The molecule has 13 heterocycles. The smallest absolute Gasteiger partial charge is 0.375 e. The molecule has 7 aliphatic heterocycles. The summed E-state index contributed by atoms with van der Waals surface area (Å²) in [6.07, 6.45) is 23.0. The number of carboxylic acid groups (broad SMARTS) is 1. The van der Waals surface area contributed by atoms with Crippen LogP contribution in [0.1, 0.15) is 259 Å². The molecule has 37 nitrogen and oxygen atoms in total. The number of nitrogens with one attached hydrogen (secondary N) is 3. The first-order chi connectivity index (χ1) is 65.6. The Bertz CT molecular complexity index is 5630. The number of carbonyl (C=O) groups excluding carboxylic acids is 14. The number of Topliss-reactive ketones (excluding diaryl/α,β-unsaturated/α-hetero) is 3. The Morgan fingerprint density at radius 3 is 1.29 bits per heavy atom. The highest BCUT2D eigenvalue weighted by Gasteiger charge is 2.37. The van der Waals surface area contributed by atoms with E-state index < -0.39 is 29.7 Å². The molecule has 138 heavy (non-hydrogen) atoms. The molecule has 2 aliphatic carbocycles. The monoisotopic (exact) mass is 2160 g/mol. The van der Waals surface area contributed by atoms with Crippen LogP contribution in [0, 0.1) is 27.7 Å². The van der Waals surface area contributed by atoms with Gasteiger partial charge in [0, 0.05) is 126 Å². The summed E-state index contributed by atoms with van der Waals surface area (Å²) in [7, 11) is 10.1. The number of likely N-dealkylation sites (tertiary alicyclic amines) is 2. The topological polar surface area (TPSA) is 518 Å². The van der Waals surface area contributed by atoms with Crippen LogP contribution >= 0.6 is 96.1 Å². The van der Waals surface area contributed by atoms with Gasteiger partial charge in [-0.1, -0.05) is 136 Å². The molecular weight excluding hydrogens is 2050 g/mol. The average molecular weight is 2170 g/mol. The van der Waals surface area contributed by atoms with Gasteiger partial charge < -0.3 is 21.9 Å². The minimum atomic E-state index is -1.12. The van der Waals surface area contributed by atoms with Gasteiger partial charge in [-0.3, -0.25) is 112 Å². The standard InChI is InChI=1S/C19H20N6O2S.C10H9N3O2.C9H11IN2OS.C9H13N3OS.C9H12N2OS.C8H5NO3.C7H10BrNO2.C7H11NO2.C7H10O2.C7H12O.C2H5NS/c1-11-20-17-14(28-11)9-8-13(19(27)25(17)2)21-18(26)16-22-15(23-24-16)10-12-6-4-3-5-7-12;14-10(15)9-11-8(12-13-9)6-7-4-2-1-3-5-7;2*1-5-11-8-7(14-5)4-3-6(10)9(13)12(8)2;1-6-10-9-7(13-6)4-3-5-8(12)11(9)2;10-7-5-3-1-2-4-6(5)8(11)9(7)12;1-9-6(10)4-2-3-5(8)7(9)11;1-8-6(9)4-2-3-5-7(8)10;8-6-3-1-2-4-7(9)5-6;8-7-5-3-1-2-4-6-7;1-2(3)4/h3-7,13H,8-10H2,1-2H3,(H,21,26)(H,22,23,24);1-5H,6H2,(H,14,15)(H,11,12,13);6H,3-4H2,1-2H3;6H,3-4,10H2,1-2H3;3-5H2,1-2H3;1-4,12H;5H,2-4H2,1H3;2-5H2,1H3;1-5H2;1-6H2;1H3,(H2,3,4). The number of hydrogen-bond donors (Lipinski definition) is 7. The molecule has 9 aliphatic rings. The summed E-state index contributed by atoms with van der Waals surface area (Å²) in [6, 6.07) is 24.8. The highest BCUT2D eigenvalue weighted by molar-refractivity contribution is 14.1. The summed E-state index contributed by atoms with van der Waals surface area (Å²) in [4.78, 5) is 209. The van der Waals surface area contributed by atoms with E-state index in [1.54, 1.807) is 100 Å². The van der Waals surface area contributed by atoms with Crippen molar-refractivity contribution in [1.82, 2.24) is 70.5 Å². The van der Waals surface area contributed by atoms with Crippen LogP contribution in [0.15, 0.2) is 84.9 Å². The van der Waals surface area contributed by atoms with E-state index in [4.69, 9.17) is 21.8 Å². The molecule has 44 heteroatoms.